The predicted molar refractivity (Wildman–Crippen MR) is 92.0 cm³/mol. The Hall–Kier alpha value is -1.73. The Bertz CT molecular complexity index is 727. The monoisotopic (exact) mass is 360 g/mol. The molecule has 0 saturated carbocycles. The largest absolute Gasteiger partial charge is 0.454 e. The van der Waals surface area contributed by atoms with E-state index in [0.29, 0.717) is 6.61 Å². The summed E-state index contributed by atoms with van der Waals surface area (Å²) in [4.78, 5) is 11.6. The topological polar surface area (TPSA) is 63.2 Å². The Morgan fingerprint density at radius 2 is 1.88 bits per heavy atom. The van der Waals surface area contributed by atoms with Gasteiger partial charge in [-0.05, 0) is 38.0 Å². The molecule has 5 atom stereocenters. The highest BCUT2D eigenvalue weighted by molar-refractivity contribution is 5.67. The van der Waals surface area contributed by atoms with Gasteiger partial charge in [-0.2, -0.15) is 0 Å². The molecule has 0 N–H and O–H groups in total. The fourth-order valence-corrected chi connectivity index (χ4v) is 4.01. The summed E-state index contributed by atoms with van der Waals surface area (Å²) in [5, 5.41) is 0. The fraction of sp³-hybridized carbons (Fsp3) is 0.550. The molecule has 2 aliphatic heterocycles. The lowest BCUT2D eigenvalue weighted by Crippen LogP contribution is -2.60. The van der Waals surface area contributed by atoms with Crippen molar-refractivity contribution in [2.45, 2.75) is 70.3 Å². The van der Waals surface area contributed by atoms with Gasteiger partial charge in [-0.25, -0.2) is 0 Å². The van der Waals surface area contributed by atoms with E-state index in [0.717, 1.165) is 11.1 Å². The second-order valence-electron chi connectivity index (χ2n) is 7.53. The minimum Gasteiger partial charge on any atom is -0.454 e. The van der Waals surface area contributed by atoms with Crippen LogP contribution in [0.2, 0.25) is 0 Å². The molecule has 2 fully saturated rings. The number of esters is 1. The van der Waals surface area contributed by atoms with Crippen LogP contribution >= 0.6 is 0 Å². The zero-order valence-corrected chi connectivity index (χ0v) is 15.4. The Morgan fingerprint density at radius 3 is 2.54 bits per heavy atom. The smallest absolute Gasteiger partial charge is 0.303 e. The van der Waals surface area contributed by atoms with Crippen LogP contribution in [0, 0.1) is 0 Å². The average Bonchev–Trinajstić information content (AvgIpc) is 3.02. The van der Waals surface area contributed by atoms with Crippen molar-refractivity contribution < 1.29 is 28.5 Å². The molecule has 140 valence electrons. The maximum Gasteiger partial charge on any atom is 0.303 e. The molecule has 1 aromatic carbocycles. The molecule has 6 heteroatoms. The van der Waals surface area contributed by atoms with E-state index in [9.17, 15) is 4.79 Å². The van der Waals surface area contributed by atoms with Crippen LogP contribution in [0.1, 0.15) is 33.3 Å². The van der Waals surface area contributed by atoms with Crippen molar-refractivity contribution in [2.75, 3.05) is 0 Å². The molecule has 0 amide bonds. The molecule has 2 saturated heterocycles. The third kappa shape index (κ3) is 2.87. The number of carbonyl (C=O) groups is 1. The lowest BCUT2D eigenvalue weighted by molar-refractivity contribution is -0.256. The molecule has 0 aromatic heterocycles. The average molecular weight is 360 g/mol. The van der Waals surface area contributed by atoms with Gasteiger partial charge in [0, 0.05) is 6.92 Å². The zero-order chi connectivity index (χ0) is 18.5. The number of rotatable bonds is 4. The Morgan fingerprint density at radius 1 is 1.15 bits per heavy atom. The van der Waals surface area contributed by atoms with E-state index in [-0.39, 0.29) is 5.97 Å². The third-order valence-corrected chi connectivity index (χ3v) is 4.98. The van der Waals surface area contributed by atoms with Gasteiger partial charge in [0.2, 0.25) is 0 Å². The summed E-state index contributed by atoms with van der Waals surface area (Å²) in [5.41, 5.74) is 1.11. The molecule has 1 aliphatic carbocycles. The molecule has 1 spiro atoms. The van der Waals surface area contributed by atoms with Gasteiger partial charge in [0.15, 0.2) is 23.8 Å². The van der Waals surface area contributed by atoms with E-state index >= 15 is 0 Å². The number of carbonyl (C=O) groups excluding carboxylic acids is 1. The Balaban J connectivity index is 1.60. The maximum atomic E-state index is 11.6. The summed E-state index contributed by atoms with van der Waals surface area (Å²) in [6, 6.07) is 9.90. The second-order valence-corrected chi connectivity index (χ2v) is 7.53. The number of hydrogen-bond acceptors (Lipinski definition) is 6. The molecule has 0 unspecified atom stereocenters. The van der Waals surface area contributed by atoms with E-state index in [1.165, 1.54) is 6.92 Å². The second kappa shape index (κ2) is 6.16. The van der Waals surface area contributed by atoms with Crippen molar-refractivity contribution in [3.8, 4) is 0 Å². The van der Waals surface area contributed by atoms with E-state index in [4.69, 9.17) is 23.7 Å². The van der Waals surface area contributed by atoms with Crippen LogP contribution in [0.4, 0.5) is 0 Å². The molecule has 0 radical (unpaired) electrons. The van der Waals surface area contributed by atoms with E-state index in [2.05, 4.69) is 0 Å². The van der Waals surface area contributed by atoms with Crippen LogP contribution in [-0.2, 0) is 35.1 Å². The highest BCUT2D eigenvalue weighted by Gasteiger charge is 2.68. The maximum absolute atomic E-state index is 11.6. The van der Waals surface area contributed by atoms with Crippen molar-refractivity contribution in [3.63, 3.8) is 0 Å². The zero-order valence-electron chi connectivity index (χ0n) is 15.4. The molecule has 0 bridgehead atoms. The first-order valence-corrected chi connectivity index (χ1v) is 8.86. The molecule has 2 heterocycles. The van der Waals surface area contributed by atoms with Gasteiger partial charge < -0.3 is 23.7 Å². The third-order valence-electron chi connectivity index (χ3n) is 4.98. The number of hydrogen-bond donors (Lipinski definition) is 0. The molecule has 6 nitrogen and oxygen atoms in total. The van der Waals surface area contributed by atoms with Crippen molar-refractivity contribution in [1.82, 2.24) is 0 Å². The van der Waals surface area contributed by atoms with Gasteiger partial charge in [-0.3, -0.25) is 4.79 Å². The first-order chi connectivity index (χ1) is 12.3. The lowest BCUT2D eigenvalue weighted by Gasteiger charge is -2.46. The standard InChI is InChI=1S/C20H24O6/c1-12-10-20(16(12)23-13(2)21)17(22-11-14-8-6-5-7-9-14)15-18(26-20)25-19(3,4)24-15/h5-10,15-18H,11H2,1-4H3/t15-,16+,17-,18+,20-/m1/s1. The minimum atomic E-state index is -0.879. The van der Waals surface area contributed by atoms with Gasteiger partial charge >= 0.3 is 5.97 Å². The Labute approximate surface area is 153 Å². The summed E-state index contributed by atoms with van der Waals surface area (Å²) in [5.74, 6) is -1.10. The molecule has 26 heavy (non-hydrogen) atoms. The van der Waals surface area contributed by atoms with Crippen molar-refractivity contribution in [2.24, 2.45) is 0 Å². The number of ether oxygens (including phenoxy) is 5. The van der Waals surface area contributed by atoms with Gasteiger partial charge in [0.05, 0.1) is 6.61 Å². The molecular weight excluding hydrogens is 336 g/mol. The SMILES string of the molecule is CC(=O)O[C@H]1C(C)=C[C@@]12O[C@@H]1OC(C)(C)O[C@@H]1[C@H]2OCc1ccccc1. The highest BCUT2D eigenvalue weighted by atomic mass is 16.8. The lowest BCUT2D eigenvalue weighted by atomic mass is 9.75. The first kappa shape index (κ1) is 17.7. The van der Waals surface area contributed by atoms with Gasteiger partial charge in [-0.15, -0.1) is 0 Å². The fourth-order valence-electron chi connectivity index (χ4n) is 4.01. The van der Waals surface area contributed by atoms with Crippen LogP contribution < -0.4 is 0 Å². The normalized spacial score (nSPS) is 37.2. The number of fused-ring (bicyclic) bond motifs is 1. The van der Waals surface area contributed by atoms with Crippen molar-refractivity contribution >= 4 is 5.97 Å². The van der Waals surface area contributed by atoms with E-state index in [1.807, 2.05) is 57.2 Å². The van der Waals surface area contributed by atoms with Crippen LogP contribution in [0.5, 0.6) is 0 Å². The van der Waals surface area contributed by atoms with Crippen LogP contribution in [-0.4, -0.2) is 42.0 Å². The van der Waals surface area contributed by atoms with Crippen LogP contribution in [0.15, 0.2) is 42.0 Å². The Kier molecular flexibility index (Phi) is 4.19. The van der Waals surface area contributed by atoms with E-state index in [1.54, 1.807) is 0 Å². The van der Waals surface area contributed by atoms with Crippen molar-refractivity contribution in [3.05, 3.63) is 47.5 Å². The summed E-state index contributed by atoms with van der Waals surface area (Å²) >= 11 is 0. The summed E-state index contributed by atoms with van der Waals surface area (Å²) in [6.07, 6.45) is 0.0578. The van der Waals surface area contributed by atoms with Gasteiger partial charge in [0.1, 0.15) is 12.2 Å². The van der Waals surface area contributed by atoms with Crippen LogP contribution in [0.3, 0.4) is 0 Å². The predicted octanol–water partition coefficient (Wildman–Crippen LogP) is 2.71. The molecule has 1 aromatic rings. The minimum absolute atomic E-state index is 0.355. The molecule has 4 rings (SSSR count). The van der Waals surface area contributed by atoms with Crippen molar-refractivity contribution in [1.29, 1.82) is 0 Å². The van der Waals surface area contributed by atoms with E-state index < -0.39 is 36.0 Å². The quantitative estimate of drug-likeness (QED) is 0.608. The molecular formula is C20H24O6. The van der Waals surface area contributed by atoms with Crippen LogP contribution in [0.25, 0.3) is 0 Å². The summed E-state index contributed by atoms with van der Waals surface area (Å²) < 4.78 is 29.9. The summed E-state index contributed by atoms with van der Waals surface area (Å²) in [7, 11) is 0. The van der Waals surface area contributed by atoms with Gasteiger partial charge in [0.25, 0.3) is 0 Å². The number of benzene rings is 1. The van der Waals surface area contributed by atoms with Gasteiger partial charge in [-0.1, -0.05) is 30.3 Å². The first-order valence-electron chi connectivity index (χ1n) is 8.86. The molecule has 3 aliphatic rings. The summed E-state index contributed by atoms with van der Waals surface area (Å²) in [6.45, 7) is 7.41. The highest BCUT2D eigenvalue weighted by Crippen LogP contribution is 2.52.